The highest BCUT2D eigenvalue weighted by atomic mass is 32.2. The summed E-state index contributed by atoms with van der Waals surface area (Å²) in [5.74, 6) is 0.512. The Morgan fingerprint density at radius 1 is 1.46 bits per heavy atom. The van der Waals surface area contributed by atoms with Gasteiger partial charge in [0, 0.05) is 6.04 Å². The predicted molar refractivity (Wildman–Crippen MR) is 52.8 cm³/mol. The lowest BCUT2D eigenvalue weighted by molar-refractivity contribution is 0.273. The summed E-state index contributed by atoms with van der Waals surface area (Å²) in [6.45, 7) is 4.25. The van der Waals surface area contributed by atoms with Crippen molar-refractivity contribution in [2.24, 2.45) is 11.7 Å². The standard InChI is InChI=1S/C8H19NO3S/c1-4-7(2)5-8(9)6-12-13(3,10)11/h7-8H,4-6,9H2,1-3H3. The smallest absolute Gasteiger partial charge is 0.264 e. The van der Waals surface area contributed by atoms with Crippen LogP contribution in [0.15, 0.2) is 0 Å². The fourth-order valence-electron chi connectivity index (χ4n) is 0.963. The van der Waals surface area contributed by atoms with E-state index >= 15 is 0 Å². The van der Waals surface area contributed by atoms with Crippen molar-refractivity contribution >= 4 is 10.1 Å². The van der Waals surface area contributed by atoms with Crippen molar-refractivity contribution in [1.29, 1.82) is 0 Å². The third kappa shape index (κ3) is 8.21. The maximum Gasteiger partial charge on any atom is 0.264 e. The highest BCUT2D eigenvalue weighted by molar-refractivity contribution is 7.85. The molecule has 0 aromatic rings. The van der Waals surface area contributed by atoms with Gasteiger partial charge in [0.15, 0.2) is 0 Å². The molecule has 0 aliphatic heterocycles. The summed E-state index contributed by atoms with van der Waals surface area (Å²) in [5.41, 5.74) is 5.67. The van der Waals surface area contributed by atoms with E-state index in [1.54, 1.807) is 0 Å². The van der Waals surface area contributed by atoms with Crippen molar-refractivity contribution in [3.05, 3.63) is 0 Å². The molecule has 0 amide bonds. The second kappa shape index (κ2) is 5.57. The lowest BCUT2D eigenvalue weighted by atomic mass is 10.0. The van der Waals surface area contributed by atoms with Crippen molar-refractivity contribution in [2.45, 2.75) is 32.7 Å². The summed E-state index contributed by atoms with van der Waals surface area (Å²) in [6.07, 6.45) is 2.88. The van der Waals surface area contributed by atoms with Crippen molar-refractivity contribution in [1.82, 2.24) is 0 Å². The first kappa shape index (κ1) is 12.9. The minimum atomic E-state index is -3.34. The summed E-state index contributed by atoms with van der Waals surface area (Å²) >= 11 is 0. The molecule has 80 valence electrons. The first-order chi connectivity index (χ1) is 5.85. The molecular formula is C8H19NO3S. The molecule has 2 N–H and O–H groups in total. The predicted octanol–water partition coefficient (Wildman–Crippen LogP) is 0.726. The van der Waals surface area contributed by atoms with Crippen molar-refractivity contribution in [3.8, 4) is 0 Å². The van der Waals surface area contributed by atoms with E-state index in [4.69, 9.17) is 5.73 Å². The molecule has 0 heterocycles. The van der Waals surface area contributed by atoms with E-state index in [1.807, 2.05) is 0 Å². The van der Waals surface area contributed by atoms with Crippen LogP contribution in [0, 0.1) is 5.92 Å². The highest BCUT2D eigenvalue weighted by Crippen LogP contribution is 2.08. The third-order valence-electron chi connectivity index (χ3n) is 1.90. The second-order valence-electron chi connectivity index (χ2n) is 3.50. The average molecular weight is 209 g/mol. The van der Waals surface area contributed by atoms with Gasteiger partial charge in [-0.05, 0) is 12.3 Å². The van der Waals surface area contributed by atoms with Crippen molar-refractivity contribution in [3.63, 3.8) is 0 Å². The average Bonchev–Trinajstić information content (AvgIpc) is 1.99. The lowest BCUT2D eigenvalue weighted by Crippen LogP contribution is -2.29. The number of hydrogen-bond acceptors (Lipinski definition) is 4. The molecule has 0 bridgehead atoms. The number of nitrogens with two attached hydrogens (primary N) is 1. The van der Waals surface area contributed by atoms with E-state index in [1.165, 1.54) is 0 Å². The van der Waals surface area contributed by atoms with E-state index in [2.05, 4.69) is 18.0 Å². The Hall–Kier alpha value is -0.130. The molecule has 0 aromatic carbocycles. The molecule has 5 heteroatoms. The van der Waals surface area contributed by atoms with Gasteiger partial charge >= 0.3 is 0 Å². The molecule has 4 nitrogen and oxygen atoms in total. The van der Waals surface area contributed by atoms with Crippen LogP contribution in [0.1, 0.15) is 26.7 Å². The lowest BCUT2D eigenvalue weighted by Gasteiger charge is -2.14. The largest absolute Gasteiger partial charge is 0.326 e. The Balaban J connectivity index is 3.69. The highest BCUT2D eigenvalue weighted by Gasteiger charge is 2.10. The first-order valence-corrected chi connectivity index (χ1v) is 6.26. The van der Waals surface area contributed by atoms with Crippen LogP contribution in [0.5, 0.6) is 0 Å². The van der Waals surface area contributed by atoms with Crippen molar-refractivity contribution in [2.75, 3.05) is 12.9 Å². The van der Waals surface area contributed by atoms with Crippen LogP contribution in [0.2, 0.25) is 0 Å². The quantitative estimate of drug-likeness (QED) is 0.655. The van der Waals surface area contributed by atoms with E-state index in [-0.39, 0.29) is 12.6 Å². The van der Waals surface area contributed by atoms with Crippen LogP contribution in [-0.2, 0) is 14.3 Å². The van der Waals surface area contributed by atoms with Crippen LogP contribution < -0.4 is 5.73 Å². The number of hydrogen-bond donors (Lipinski definition) is 1. The SMILES string of the molecule is CCC(C)CC(N)COS(C)(=O)=O. The van der Waals surface area contributed by atoms with Crippen molar-refractivity contribution < 1.29 is 12.6 Å². The molecular weight excluding hydrogens is 190 g/mol. The third-order valence-corrected chi connectivity index (χ3v) is 2.46. The van der Waals surface area contributed by atoms with E-state index in [0.29, 0.717) is 5.92 Å². The maximum absolute atomic E-state index is 10.6. The summed E-state index contributed by atoms with van der Waals surface area (Å²) in [4.78, 5) is 0. The molecule has 13 heavy (non-hydrogen) atoms. The minimum absolute atomic E-state index is 0.0865. The fourth-order valence-corrected chi connectivity index (χ4v) is 1.38. The Bertz CT molecular complexity index is 226. The van der Waals surface area contributed by atoms with Gasteiger partial charge < -0.3 is 5.73 Å². The molecule has 0 spiro atoms. The zero-order valence-electron chi connectivity index (χ0n) is 8.49. The van der Waals surface area contributed by atoms with Gasteiger partial charge in [0.25, 0.3) is 10.1 Å². The summed E-state index contributed by atoms with van der Waals surface area (Å²) in [6, 6.07) is -0.190. The molecule has 0 radical (unpaired) electrons. The molecule has 0 aliphatic rings. The number of rotatable bonds is 6. The van der Waals surface area contributed by atoms with Crippen LogP contribution in [0.3, 0.4) is 0 Å². The second-order valence-corrected chi connectivity index (χ2v) is 5.14. The molecule has 0 aromatic heterocycles. The summed E-state index contributed by atoms with van der Waals surface area (Å²) < 4.78 is 25.8. The van der Waals surface area contributed by atoms with Crippen LogP contribution in [-0.4, -0.2) is 27.3 Å². The molecule has 2 atom stereocenters. The van der Waals surface area contributed by atoms with Gasteiger partial charge in [-0.15, -0.1) is 0 Å². The van der Waals surface area contributed by atoms with Gasteiger partial charge in [-0.3, -0.25) is 4.18 Å². The van der Waals surface area contributed by atoms with Crippen LogP contribution in [0.4, 0.5) is 0 Å². The van der Waals surface area contributed by atoms with Gasteiger partial charge in [-0.1, -0.05) is 20.3 Å². The molecule has 2 unspecified atom stereocenters. The molecule has 0 saturated carbocycles. The van der Waals surface area contributed by atoms with Gasteiger partial charge in [-0.25, -0.2) is 0 Å². The molecule has 0 fully saturated rings. The normalized spacial score (nSPS) is 16.9. The Kier molecular flexibility index (Phi) is 5.51. The van der Waals surface area contributed by atoms with E-state index in [0.717, 1.165) is 19.1 Å². The van der Waals surface area contributed by atoms with Gasteiger partial charge in [0.2, 0.25) is 0 Å². The zero-order chi connectivity index (χ0) is 10.5. The Morgan fingerprint density at radius 2 is 2.00 bits per heavy atom. The summed E-state index contributed by atoms with van der Waals surface area (Å²) in [7, 11) is -3.34. The van der Waals surface area contributed by atoms with Gasteiger partial charge in [0.1, 0.15) is 0 Å². The molecule has 0 aliphatic carbocycles. The maximum atomic E-state index is 10.6. The zero-order valence-corrected chi connectivity index (χ0v) is 9.30. The first-order valence-electron chi connectivity index (χ1n) is 4.45. The van der Waals surface area contributed by atoms with Gasteiger partial charge in [0.05, 0.1) is 12.9 Å². The van der Waals surface area contributed by atoms with Crippen LogP contribution >= 0.6 is 0 Å². The monoisotopic (exact) mass is 209 g/mol. The summed E-state index contributed by atoms with van der Waals surface area (Å²) in [5, 5.41) is 0. The molecule has 0 rings (SSSR count). The topological polar surface area (TPSA) is 69.4 Å². The van der Waals surface area contributed by atoms with E-state index in [9.17, 15) is 8.42 Å². The van der Waals surface area contributed by atoms with Crippen LogP contribution in [0.25, 0.3) is 0 Å². The molecule has 0 saturated heterocycles. The Labute approximate surface area is 80.6 Å². The van der Waals surface area contributed by atoms with E-state index < -0.39 is 10.1 Å². The van der Waals surface area contributed by atoms with Gasteiger partial charge in [-0.2, -0.15) is 8.42 Å². The Morgan fingerprint density at radius 3 is 2.38 bits per heavy atom. The minimum Gasteiger partial charge on any atom is -0.326 e. The fraction of sp³-hybridized carbons (Fsp3) is 1.00.